The van der Waals surface area contributed by atoms with Gasteiger partial charge in [0.2, 0.25) is 0 Å². The van der Waals surface area contributed by atoms with E-state index < -0.39 is 6.10 Å². The van der Waals surface area contributed by atoms with Crippen LogP contribution >= 0.6 is 0 Å². The van der Waals surface area contributed by atoms with Crippen molar-refractivity contribution in [2.75, 3.05) is 13.2 Å². The SMILES string of the molecule is CC1(C)Cc2nc(COCCN)c(C#N)c(-c3cnccn3)c2C(O)C1. The standard InChI is InChI=1S/C19H23N5O2/c1-19(2)7-13-18(16(25)8-19)17(14-10-22-4-5-23-14)12(9-21)15(24-13)11-26-6-3-20/h4-5,10,16,25H,3,6-8,11,20H2,1-2H3. The molecular weight excluding hydrogens is 330 g/mol. The molecule has 0 saturated heterocycles. The van der Waals surface area contributed by atoms with Crippen molar-refractivity contribution in [1.29, 1.82) is 5.26 Å². The number of fused-ring (bicyclic) bond motifs is 1. The second-order valence-corrected chi connectivity index (χ2v) is 7.27. The van der Waals surface area contributed by atoms with Gasteiger partial charge >= 0.3 is 0 Å². The van der Waals surface area contributed by atoms with E-state index in [1.54, 1.807) is 18.6 Å². The second kappa shape index (κ2) is 7.46. The van der Waals surface area contributed by atoms with Gasteiger partial charge in [0.25, 0.3) is 0 Å². The lowest BCUT2D eigenvalue weighted by Gasteiger charge is -2.35. The van der Waals surface area contributed by atoms with Crippen molar-refractivity contribution in [3.8, 4) is 17.3 Å². The van der Waals surface area contributed by atoms with Gasteiger partial charge in [0.05, 0.1) is 42.5 Å². The largest absolute Gasteiger partial charge is 0.388 e. The predicted octanol–water partition coefficient (Wildman–Crippen LogP) is 1.89. The van der Waals surface area contributed by atoms with Crippen molar-refractivity contribution in [2.24, 2.45) is 11.1 Å². The van der Waals surface area contributed by atoms with E-state index in [0.29, 0.717) is 54.1 Å². The van der Waals surface area contributed by atoms with Gasteiger partial charge in [0, 0.05) is 35.8 Å². The second-order valence-electron chi connectivity index (χ2n) is 7.27. The average Bonchev–Trinajstić information content (AvgIpc) is 2.60. The van der Waals surface area contributed by atoms with Gasteiger partial charge in [0.1, 0.15) is 6.07 Å². The van der Waals surface area contributed by atoms with Crippen molar-refractivity contribution in [3.63, 3.8) is 0 Å². The van der Waals surface area contributed by atoms with Crippen LogP contribution in [0.3, 0.4) is 0 Å². The number of rotatable bonds is 5. The number of aliphatic hydroxyl groups is 1. The molecule has 0 radical (unpaired) electrons. The van der Waals surface area contributed by atoms with E-state index in [1.807, 2.05) is 0 Å². The summed E-state index contributed by atoms with van der Waals surface area (Å²) in [5.74, 6) is 0. The lowest BCUT2D eigenvalue weighted by molar-refractivity contribution is 0.0972. The number of hydrogen-bond acceptors (Lipinski definition) is 7. The Morgan fingerprint density at radius 1 is 1.42 bits per heavy atom. The molecule has 0 fully saturated rings. The number of nitrogens with two attached hydrogens (primary N) is 1. The van der Waals surface area contributed by atoms with Crippen LogP contribution < -0.4 is 5.73 Å². The summed E-state index contributed by atoms with van der Waals surface area (Å²) in [6.07, 6.45) is 5.36. The zero-order chi connectivity index (χ0) is 18.7. The Balaban J connectivity index is 2.22. The molecule has 0 spiro atoms. The third-order valence-electron chi connectivity index (χ3n) is 4.55. The lowest BCUT2D eigenvalue weighted by Crippen LogP contribution is -2.28. The van der Waals surface area contributed by atoms with E-state index in [9.17, 15) is 10.4 Å². The highest BCUT2D eigenvalue weighted by molar-refractivity contribution is 5.73. The summed E-state index contributed by atoms with van der Waals surface area (Å²) in [6, 6.07) is 2.23. The van der Waals surface area contributed by atoms with E-state index in [4.69, 9.17) is 15.5 Å². The minimum Gasteiger partial charge on any atom is -0.388 e. The number of nitrogens with zero attached hydrogens (tertiary/aromatic N) is 4. The van der Waals surface area contributed by atoms with Crippen LogP contribution in [-0.2, 0) is 17.8 Å². The summed E-state index contributed by atoms with van der Waals surface area (Å²) in [4.78, 5) is 13.2. The molecular formula is C19H23N5O2. The molecule has 0 bridgehead atoms. The highest BCUT2D eigenvalue weighted by Crippen LogP contribution is 2.45. The molecule has 26 heavy (non-hydrogen) atoms. The monoisotopic (exact) mass is 353 g/mol. The molecule has 0 amide bonds. The van der Waals surface area contributed by atoms with Gasteiger partial charge in [-0.25, -0.2) is 0 Å². The molecule has 0 aromatic carbocycles. The first-order chi connectivity index (χ1) is 12.5. The van der Waals surface area contributed by atoms with E-state index in [-0.39, 0.29) is 12.0 Å². The Hall–Kier alpha value is -2.40. The molecule has 2 aromatic rings. The van der Waals surface area contributed by atoms with Gasteiger partial charge in [-0.2, -0.15) is 5.26 Å². The minimum absolute atomic E-state index is 0.0808. The maximum absolute atomic E-state index is 10.8. The van der Waals surface area contributed by atoms with Crippen molar-refractivity contribution >= 4 is 0 Å². The summed E-state index contributed by atoms with van der Waals surface area (Å²) < 4.78 is 5.53. The van der Waals surface area contributed by atoms with Crippen LogP contribution in [0.4, 0.5) is 0 Å². The van der Waals surface area contributed by atoms with Crippen molar-refractivity contribution in [3.05, 3.63) is 41.1 Å². The molecule has 7 nitrogen and oxygen atoms in total. The van der Waals surface area contributed by atoms with Gasteiger partial charge in [-0.05, 0) is 18.3 Å². The molecule has 1 atom stereocenters. The topological polar surface area (TPSA) is 118 Å². The van der Waals surface area contributed by atoms with Crippen molar-refractivity contribution < 1.29 is 9.84 Å². The summed E-state index contributed by atoms with van der Waals surface area (Å²) >= 11 is 0. The highest BCUT2D eigenvalue weighted by Gasteiger charge is 2.36. The van der Waals surface area contributed by atoms with E-state index in [2.05, 4.69) is 29.9 Å². The summed E-state index contributed by atoms with van der Waals surface area (Å²) in [5, 5.41) is 20.6. The molecule has 2 aromatic heterocycles. The van der Waals surface area contributed by atoms with Gasteiger partial charge < -0.3 is 15.6 Å². The summed E-state index contributed by atoms with van der Waals surface area (Å²) in [5.41, 5.74) is 8.97. The molecule has 3 N–H and O–H groups in total. The first-order valence-electron chi connectivity index (χ1n) is 8.65. The van der Waals surface area contributed by atoms with Crippen molar-refractivity contribution in [2.45, 2.75) is 39.4 Å². The average molecular weight is 353 g/mol. The number of hydrogen-bond donors (Lipinski definition) is 2. The van der Waals surface area contributed by atoms with E-state index >= 15 is 0 Å². The Kier molecular flexibility index (Phi) is 5.28. The first kappa shape index (κ1) is 18.4. The molecule has 3 rings (SSSR count). The fourth-order valence-electron chi connectivity index (χ4n) is 3.52. The van der Waals surface area contributed by atoms with Crippen LogP contribution in [0.1, 0.15) is 48.9 Å². The van der Waals surface area contributed by atoms with Gasteiger partial charge in [0.15, 0.2) is 0 Å². The number of ether oxygens (including phenoxy) is 1. The van der Waals surface area contributed by atoms with Crippen LogP contribution in [-0.4, -0.2) is 33.2 Å². The molecule has 2 heterocycles. The highest BCUT2D eigenvalue weighted by atomic mass is 16.5. The molecule has 136 valence electrons. The quantitative estimate of drug-likeness (QED) is 0.788. The number of nitriles is 1. The van der Waals surface area contributed by atoms with Crippen LogP contribution in [0.2, 0.25) is 0 Å². The fourth-order valence-corrected chi connectivity index (χ4v) is 3.52. The molecule has 0 saturated carbocycles. The molecule has 1 aliphatic carbocycles. The maximum atomic E-state index is 10.8. The Labute approximate surface area is 152 Å². The third-order valence-corrected chi connectivity index (χ3v) is 4.55. The van der Waals surface area contributed by atoms with E-state index in [1.165, 1.54) is 0 Å². The zero-order valence-corrected chi connectivity index (χ0v) is 15.1. The Morgan fingerprint density at radius 3 is 2.88 bits per heavy atom. The number of aliphatic hydroxyl groups excluding tert-OH is 1. The van der Waals surface area contributed by atoms with Crippen LogP contribution in [0.15, 0.2) is 18.6 Å². The van der Waals surface area contributed by atoms with Crippen LogP contribution in [0.25, 0.3) is 11.3 Å². The van der Waals surface area contributed by atoms with Crippen molar-refractivity contribution in [1.82, 2.24) is 15.0 Å². The molecule has 1 aliphatic rings. The van der Waals surface area contributed by atoms with Gasteiger partial charge in [-0.3, -0.25) is 15.0 Å². The predicted molar refractivity (Wildman–Crippen MR) is 95.8 cm³/mol. The van der Waals surface area contributed by atoms with Gasteiger partial charge in [-0.15, -0.1) is 0 Å². The summed E-state index contributed by atoms with van der Waals surface area (Å²) in [7, 11) is 0. The molecule has 7 heteroatoms. The third kappa shape index (κ3) is 3.58. The zero-order valence-electron chi connectivity index (χ0n) is 15.1. The number of pyridine rings is 1. The lowest BCUT2D eigenvalue weighted by atomic mass is 9.73. The maximum Gasteiger partial charge on any atom is 0.102 e. The fraction of sp³-hybridized carbons (Fsp3) is 0.474. The summed E-state index contributed by atoms with van der Waals surface area (Å²) in [6.45, 7) is 5.18. The first-order valence-corrected chi connectivity index (χ1v) is 8.65. The Morgan fingerprint density at radius 2 is 2.23 bits per heavy atom. The minimum atomic E-state index is -0.704. The van der Waals surface area contributed by atoms with Crippen LogP contribution in [0.5, 0.6) is 0 Å². The number of aromatic nitrogens is 3. The van der Waals surface area contributed by atoms with Gasteiger partial charge in [-0.1, -0.05) is 13.8 Å². The van der Waals surface area contributed by atoms with E-state index in [0.717, 1.165) is 5.69 Å². The molecule has 0 aliphatic heterocycles. The normalized spacial score (nSPS) is 18.2. The smallest absolute Gasteiger partial charge is 0.102 e. The van der Waals surface area contributed by atoms with Crippen LogP contribution in [0, 0.1) is 16.7 Å². The Bertz CT molecular complexity index is 830. The molecule has 1 unspecified atom stereocenters.